The van der Waals surface area contributed by atoms with E-state index < -0.39 is 18.8 Å². The number of pyridine rings is 1. The lowest BCUT2D eigenvalue weighted by Crippen LogP contribution is -2.07. The molecule has 0 saturated heterocycles. The standard InChI is InChI=1S/C9H7BrClF2NO2/c10-8-5(9(12)13)1-4(3-11)14-6(8)2-7(15)16/h1,9H,2-3H2,(H,15,16). The van der Waals surface area contributed by atoms with Crippen LogP contribution in [0.5, 0.6) is 0 Å². The SMILES string of the molecule is O=C(O)Cc1nc(CCl)cc(C(F)F)c1Br. The number of aliphatic carboxylic acids is 1. The summed E-state index contributed by atoms with van der Waals surface area (Å²) in [5.74, 6) is -1.18. The van der Waals surface area contributed by atoms with Gasteiger partial charge in [-0.1, -0.05) is 0 Å². The maximum absolute atomic E-state index is 12.6. The molecule has 1 N–H and O–H groups in total. The van der Waals surface area contributed by atoms with Crippen molar-refractivity contribution in [1.29, 1.82) is 0 Å². The summed E-state index contributed by atoms with van der Waals surface area (Å²) in [5.41, 5.74) is -0.000679. The second-order valence-corrected chi connectivity index (χ2v) is 4.03. The molecule has 0 bridgehead atoms. The third-order valence-electron chi connectivity index (χ3n) is 1.80. The van der Waals surface area contributed by atoms with E-state index in [-0.39, 0.29) is 27.3 Å². The summed E-state index contributed by atoms with van der Waals surface area (Å²) in [7, 11) is 0. The highest BCUT2D eigenvalue weighted by Crippen LogP contribution is 2.30. The maximum atomic E-state index is 12.6. The van der Waals surface area contributed by atoms with Crippen LogP contribution in [0.4, 0.5) is 8.78 Å². The van der Waals surface area contributed by atoms with Crippen molar-refractivity contribution in [3.8, 4) is 0 Å². The van der Waals surface area contributed by atoms with E-state index in [2.05, 4.69) is 20.9 Å². The Labute approximate surface area is 104 Å². The van der Waals surface area contributed by atoms with Gasteiger partial charge in [0.25, 0.3) is 6.43 Å². The number of carbonyl (C=O) groups is 1. The fourth-order valence-electron chi connectivity index (χ4n) is 1.15. The summed E-state index contributed by atoms with van der Waals surface area (Å²) in [6, 6.07) is 1.16. The Morgan fingerprint density at radius 2 is 2.25 bits per heavy atom. The molecule has 3 nitrogen and oxygen atoms in total. The summed E-state index contributed by atoms with van der Waals surface area (Å²) in [4.78, 5) is 14.4. The van der Waals surface area contributed by atoms with E-state index in [0.717, 1.165) is 6.07 Å². The summed E-state index contributed by atoms with van der Waals surface area (Å²) >= 11 is 8.42. The summed E-state index contributed by atoms with van der Waals surface area (Å²) in [6.45, 7) is 0. The molecule has 88 valence electrons. The minimum atomic E-state index is -2.70. The van der Waals surface area contributed by atoms with Crippen molar-refractivity contribution in [1.82, 2.24) is 4.98 Å². The van der Waals surface area contributed by atoms with Crippen molar-refractivity contribution < 1.29 is 18.7 Å². The number of nitrogens with zero attached hydrogens (tertiary/aromatic N) is 1. The zero-order valence-electron chi connectivity index (χ0n) is 7.88. The molecule has 0 amide bonds. The Hall–Kier alpha value is -0.750. The number of carboxylic acids is 1. The lowest BCUT2D eigenvalue weighted by Gasteiger charge is -2.09. The molecule has 0 saturated carbocycles. The number of hydrogen-bond acceptors (Lipinski definition) is 2. The van der Waals surface area contributed by atoms with E-state index in [4.69, 9.17) is 16.7 Å². The Balaban J connectivity index is 3.25. The second kappa shape index (κ2) is 5.54. The molecule has 0 aliphatic carbocycles. The van der Waals surface area contributed by atoms with Crippen molar-refractivity contribution in [2.75, 3.05) is 0 Å². The monoisotopic (exact) mass is 313 g/mol. The molecule has 1 aromatic heterocycles. The van der Waals surface area contributed by atoms with Crippen LogP contribution in [0.2, 0.25) is 0 Å². The quantitative estimate of drug-likeness (QED) is 0.869. The molecule has 0 atom stereocenters. The molecule has 16 heavy (non-hydrogen) atoms. The lowest BCUT2D eigenvalue weighted by atomic mass is 10.1. The highest BCUT2D eigenvalue weighted by atomic mass is 79.9. The van der Waals surface area contributed by atoms with Gasteiger partial charge in [0.05, 0.1) is 23.7 Å². The molecule has 0 spiro atoms. The molecule has 0 aliphatic rings. The van der Waals surface area contributed by atoms with E-state index in [9.17, 15) is 13.6 Å². The second-order valence-electron chi connectivity index (χ2n) is 2.97. The van der Waals surface area contributed by atoms with Gasteiger partial charge in [0, 0.05) is 10.0 Å². The van der Waals surface area contributed by atoms with Gasteiger partial charge in [0.15, 0.2) is 0 Å². The first-order chi connectivity index (χ1) is 7.45. The van der Waals surface area contributed by atoms with Gasteiger partial charge in [-0.15, -0.1) is 11.6 Å². The van der Waals surface area contributed by atoms with Crippen molar-refractivity contribution in [2.24, 2.45) is 0 Å². The Kier molecular flexibility index (Phi) is 4.61. The summed E-state index contributed by atoms with van der Waals surface area (Å²) < 4.78 is 25.3. The highest BCUT2D eigenvalue weighted by molar-refractivity contribution is 9.10. The fraction of sp³-hybridized carbons (Fsp3) is 0.333. The topological polar surface area (TPSA) is 50.2 Å². The van der Waals surface area contributed by atoms with Crippen molar-refractivity contribution in [3.63, 3.8) is 0 Å². The van der Waals surface area contributed by atoms with Crippen LogP contribution in [0.15, 0.2) is 10.5 Å². The third-order valence-corrected chi connectivity index (χ3v) is 2.99. The first-order valence-corrected chi connectivity index (χ1v) is 5.52. The molecule has 0 unspecified atom stereocenters. The van der Waals surface area contributed by atoms with Gasteiger partial charge in [-0.05, 0) is 22.0 Å². The Morgan fingerprint density at radius 1 is 1.62 bits per heavy atom. The van der Waals surface area contributed by atoms with Gasteiger partial charge in [-0.3, -0.25) is 9.78 Å². The first-order valence-electron chi connectivity index (χ1n) is 4.19. The van der Waals surface area contributed by atoms with Crippen molar-refractivity contribution in [3.05, 3.63) is 27.5 Å². The van der Waals surface area contributed by atoms with Crippen LogP contribution in [0.1, 0.15) is 23.4 Å². The van der Waals surface area contributed by atoms with E-state index in [0.29, 0.717) is 0 Å². The molecular weight excluding hydrogens is 307 g/mol. The Bertz CT molecular complexity index is 415. The molecule has 7 heteroatoms. The fourth-order valence-corrected chi connectivity index (χ4v) is 1.81. The smallest absolute Gasteiger partial charge is 0.309 e. The van der Waals surface area contributed by atoms with Crippen LogP contribution in [0.25, 0.3) is 0 Å². The molecular formula is C9H7BrClF2NO2. The largest absolute Gasteiger partial charge is 0.481 e. The predicted molar refractivity (Wildman–Crippen MR) is 57.8 cm³/mol. The van der Waals surface area contributed by atoms with E-state index >= 15 is 0 Å². The molecule has 1 aromatic rings. The van der Waals surface area contributed by atoms with Crippen LogP contribution >= 0.6 is 27.5 Å². The van der Waals surface area contributed by atoms with Crippen LogP contribution in [0, 0.1) is 0 Å². The van der Waals surface area contributed by atoms with Gasteiger partial charge in [0.2, 0.25) is 0 Å². The Morgan fingerprint density at radius 3 is 2.69 bits per heavy atom. The predicted octanol–water partition coefficient (Wildman–Crippen LogP) is 3.15. The zero-order chi connectivity index (χ0) is 12.3. The highest BCUT2D eigenvalue weighted by Gasteiger charge is 2.18. The van der Waals surface area contributed by atoms with E-state index in [1.54, 1.807) is 0 Å². The van der Waals surface area contributed by atoms with Gasteiger partial charge in [-0.25, -0.2) is 8.78 Å². The molecule has 0 radical (unpaired) electrons. The van der Waals surface area contributed by atoms with Gasteiger partial charge >= 0.3 is 5.97 Å². The number of alkyl halides is 3. The van der Waals surface area contributed by atoms with Crippen LogP contribution in [0.3, 0.4) is 0 Å². The molecule has 0 aliphatic heterocycles. The molecule has 0 fully saturated rings. The van der Waals surface area contributed by atoms with Crippen molar-refractivity contribution in [2.45, 2.75) is 18.7 Å². The van der Waals surface area contributed by atoms with E-state index in [1.165, 1.54) is 0 Å². The number of carboxylic acid groups (broad SMARTS) is 1. The minimum absolute atomic E-state index is 0.0266. The normalized spacial score (nSPS) is 10.8. The van der Waals surface area contributed by atoms with Crippen LogP contribution in [-0.2, 0) is 17.1 Å². The number of rotatable bonds is 4. The minimum Gasteiger partial charge on any atom is -0.481 e. The van der Waals surface area contributed by atoms with Crippen LogP contribution < -0.4 is 0 Å². The zero-order valence-corrected chi connectivity index (χ0v) is 10.2. The third kappa shape index (κ3) is 3.12. The van der Waals surface area contributed by atoms with Crippen molar-refractivity contribution >= 4 is 33.5 Å². The number of aromatic nitrogens is 1. The first kappa shape index (κ1) is 13.3. The van der Waals surface area contributed by atoms with E-state index in [1.807, 2.05) is 0 Å². The average Bonchev–Trinajstić information content (AvgIpc) is 2.19. The maximum Gasteiger partial charge on any atom is 0.309 e. The van der Waals surface area contributed by atoms with Gasteiger partial charge < -0.3 is 5.11 Å². The molecule has 1 rings (SSSR count). The number of hydrogen-bond donors (Lipinski definition) is 1. The summed E-state index contributed by atoms with van der Waals surface area (Å²) in [5, 5.41) is 8.60. The summed E-state index contributed by atoms with van der Waals surface area (Å²) in [6.07, 6.45) is -3.13. The molecule has 0 aromatic carbocycles. The van der Waals surface area contributed by atoms with Crippen LogP contribution in [-0.4, -0.2) is 16.1 Å². The average molecular weight is 315 g/mol. The number of halogens is 4. The van der Waals surface area contributed by atoms with Gasteiger partial charge in [0.1, 0.15) is 0 Å². The molecule has 1 heterocycles. The van der Waals surface area contributed by atoms with Gasteiger partial charge in [-0.2, -0.15) is 0 Å². The lowest BCUT2D eigenvalue weighted by molar-refractivity contribution is -0.136.